The molecule has 1 aliphatic rings. The number of rotatable bonds is 3. The molecule has 7 nitrogen and oxygen atoms in total. The molecular formula is C17H24N6O. The van der Waals surface area contributed by atoms with Crippen LogP contribution >= 0.6 is 0 Å². The van der Waals surface area contributed by atoms with E-state index in [1.54, 1.807) is 12.7 Å². The van der Waals surface area contributed by atoms with Crippen molar-refractivity contribution in [2.75, 3.05) is 31.1 Å². The summed E-state index contributed by atoms with van der Waals surface area (Å²) >= 11 is 0. The van der Waals surface area contributed by atoms with Crippen molar-refractivity contribution in [2.45, 2.75) is 27.7 Å². The van der Waals surface area contributed by atoms with Crippen molar-refractivity contribution in [3.8, 4) is 5.82 Å². The van der Waals surface area contributed by atoms with Gasteiger partial charge in [0.25, 0.3) is 0 Å². The Morgan fingerprint density at radius 1 is 1.04 bits per heavy atom. The number of hydrogen-bond acceptors (Lipinski definition) is 5. The Kier molecular flexibility index (Phi) is 4.51. The highest BCUT2D eigenvalue weighted by molar-refractivity contribution is 5.78. The first-order valence-corrected chi connectivity index (χ1v) is 8.34. The van der Waals surface area contributed by atoms with Gasteiger partial charge in [0.1, 0.15) is 24.3 Å². The zero-order valence-electron chi connectivity index (χ0n) is 14.7. The van der Waals surface area contributed by atoms with Crippen LogP contribution in [-0.4, -0.2) is 56.5 Å². The first kappa shape index (κ1) is 16.4. The molecule has 0 spiro atoms. The van der Waals surface area contributed by atoms with E-state index < -0.39 is 0 Å². The molecular weight excluding hydrogens is 304 g/mol. The lowest BCUT2D eigenvalue weighted by atomic mass is 10.1. The predicted molar refractivity (Wildman–Crippen MR) is 92.3 cm³/mol. The molecule has 0 N–H and O–H groups in total. The second-order valence-corrected chi connectivity index (χ2v) is 6.49. The molecule has 1 amide bonds. The fourth-order valence-corrected chi connectivity index (χ4v) is 2.89. The number of anilines is 1. The van der Waals surface area contributed by atoms with Crippen molar-refractivity contribution in [3.63, 3.8) is 0 Å². The summed E-state index contributed by atoms with van der Waals surface area (Å²) in [5.41, 5.74) is 2.07. The van der Waals surface area contributed by atoms with E-state index in [4.69, 9.17) is 0 Å². The van der Waals surface area contributed by atoms with Crippen molar-refractivity contribution < 1.29 is 4.79 Å². The van der Waals surface area contributed by atoms with Crippen molar-refractivity contribution in [1.82, 2.24) is 24.4 Å². The number of carbonyl (C=O) groups is 1. The van der Waals surface area contributed by atoms with E-state index in [0.717, 1.165) is 49.2 Å². The fraction of sp³-hybridized carbons (Fsp3) is 0.529. The smallest absolute Gasteiger partial charge is 0.225 e. The first-order chi connectivity index (χ1) is 11.5. The molecule has 3 rings (SSSR count). The minimum atomic E-state index is 0.0506. The Labute approximate surface area is 142 Å². The summed E-state index contributed by atoms with van der Waals surface area (Å²) in [6.45, 7) is 11.0. The molecule has 7 heteroatoms. The number of carbonyl (C=O) groups excluding carboxylic acids is 1. The monoisotopic (exact) mass is 328 g/mol. The van der Waals surface area contributed by atoms with Gasteiger partial charge in [0.15, 0.2) is 0 Å². The van der Waals surface area contributed by atoms with Gasteiger partial charge in [-0.05, 0) is 13.8 Å². The lowest BCUT2D eigenvalue weighted by Gasteiger charge is -2.36. The third kappa shape index (κ3) is 3.11. The Balaban J connectivity index is 1.74. The van der Waals surface area contributed by atoms with E-state index in [0.29, 0.717) is 0 Å². The highest BCUT2D eigenvalue weighted by Crippen LogP contribution is 2.18. The molecule has 0 radical (unpaired) electrons. The Morgan fingerprint density at radius 2 is 1.71 bits per heavy atom. The van der Waals surface area contributed by atoms with Crippen LogP contribution in [0, 0.1) is 19.8 Å². The first-order valence-electron chi connectivity index (χ1n) is 8.34. The number of piperazine rings is 1. The average molecular weight is 328 g/mol. The number of amides is 1. The van der Waals surface area contributed by atoms with Gasteiger partial charge in [-0.1, -0.05) is 13.8 Å². The van der Waals surface area contributed by atoms with Gasteiger partial charge >= 0.3 is 0 Å². The zero-order chi connectivity index (χ0) is 17.3. The minimum Gasteiger partial charge on any atom is -0.353 e. The lowest BCUT2D eigenvalue weighted by molar-refractivity contribution is -0.134. The van der Waals surface area contributed by atoms with Gasteiger partial charge < -0.3 is 9.80 Å². The SMILES string of the molecule is Cc1ncn(-c2cc(N3CCN(C(=O)C(C)C)CC3)ncn2)c1C. The molecule has 0 saturated carbocycles. The van der Waals surface area contributed by atoms with Crippen LogP contribution in [0.25, 0.3) is 5.82 Å². The van der Waals surface area contributed by atoms with Crippen molar-refractivity contribution in [3.05, 3.63) is 30.1 Å². The molecule has 24 heavy (non-hydrogen) atoms. The minimum absolute atomic E-state index is 0.0506. The number of aromatic nitrogens is 4. The van der Waals surface area contributed by atoms with E-state index in [2.05, 4.69) is 19.9 Å². The molecule has 1 aliphatic heterocycles. The summed E-state index contributed by atoms with van der Waals surface area (Å²) in [7, 11) is 0. The second-order valence-electron chi connectivity index (χ2n) is 6.49. The number of aryl methyl sites for hydroxylation is 1. The standard InChI is InChI=1S/C17H24N6O/c1-12(2)17(24)22-7-5-21(6-8-22)15-9-16(19-10-18-15)23-11-20-13(3)14(23)4/h9-12H,5-8H2,1-4H3. The largest absolute Gasteiger partial charge is 0.353 e. The average Bonchev–Trinajstić information content (AvgIpc) is 2.93. The number of hydrogen-bond donors (Lipinski definition) is 0. The highest BCUT2D eigenvalue weighted by Gasteiger charge is 2.23. The van der Waals surface area contributed by atoms with E-state index in [1.807, 2.05) is 43.2 Å². The summed E-state index contributed by atoms with van der Waals surface area (Å²) in [6, 6.07) is 1.98. The van der Waals surface area contributed by atoms with E-state index >= 15 is 0 Å². The van der Waals surface area contributed by atoms with E-state index in [9.17, 15) is 4.79 Å². The molecule has 2 aromatic heterocycles. The Bertz CT molecular complexity index is 730. The van der Waals surface area contributed by atoms with Gasteiger partial charge in [-0.3, -0.25) is 9.36 Å². The van der Waals surface area contributed by atoms with Crippen molar-refractivity contribution in [2.24, 2.45) is 5.92 Å². The molecule has 128 valence electrons. The maximum absolute atomic E-state index is 12.1. The second kappa shape index (κ2) is 6.59. The topological polar surface area (TPSA) is 67.2 Å². The number of nitrogens with zero attached hydrogens (tertiary/aromatic N) is 6. The van der Waals surface area contributed by atoms with Crippen LogP contribution < -0.4 is 4.90 Å². The van der Waals surface area contributed by atoms with Crippen LogP contribution in [0.2, 0.25) is 0 Å². The van der Waals surface area contributed by atoms with Gasteiger partial charge in [0.2, 0.25) is 5.91 Å². The van der Waals surface area contributed by atoms with Crippen LogP contribution in [0.15, 0.2) is 18.7 Å². The van der Waals surface area contributed by atoms with Gasteiger partial charge in [0, 0.05) is 43.9 Å². The zero-order valence-corrected chi connectivity index (χ0v) is 14.7. The van der Waals surface area contributed by atoms with Crippen molar-refractivity contribution in [1.29, 1.82) is 0 Å². The third-order valence-corrected chi connectivity index (χ3v) is 4.55. The summed E-state index contributed by atoms with van der Waals surface area (Å²) in [4.78, 5) is 29.3. The Hall–Kier alpha value is -2.44. The predicted octanol–water partition coefficient (Wildman–Crippen LogP) is 1.58. The van der Waals surface area contributed by atoms with Crippen LogP contribution in [0.4, 0.5) is 5.82 Å². The van der Waals surface area contributed by atoms with Gasteiger partial charge in [-0.2, -0.15) is 0 Å². The lowest BCUT2D eigenvalue weighted by Crippen LogP contribution is -2.50. The van der Waals surface area contributed by atoms with Crippen LogP contribution in [0.1, 0.15) is 25.2 Å². The molecule has 0 aliphatic carbocycles. The van der Waals surface area contributed by atoms with Crippen LogP contribution in [0.3, 0.4) is 0 Å². The normalized spacial score (nSPS) is 15.2. The van der Waals surface area contributed by atoms with Gasteiger partial charge in [-0.25, -0.2) is 15.0 Å². The Morgan fingerprint density at radius 3 is 2.29 bits per heavy atom. The third-order valence-electron chi connectivity index (χ3n) is 4.55. The molecule has 0 aromatic carbocycles. The highest BCUT2D eigenvalue weighted by atomic mass is 16.2. The van der Waals surface area contributed by atoms with Crippen molar-refractivity contribution >= 4 is 11.7 Å². The molecule has 1 fully saturated rings. The summed E-state index contributed by atoms with van der Waals surface area (Å²) in [5.74, 6) is 1.98. The molecule has 0 bridgehead atoms. The van der Waals surface area contributed by atoms with E-state index in [-0.39, 0.29) is 11.8 Å². The van der Waals surface area contributed by atoms with Crippen LogP contribution in [0.5, 0.6) is 0 Å². The van der Waals surface area contributed by atoms with E-state index in [1.165, 1.54) is 0 Å². The van der Waals surface area contributed by atoms with Gasteiger partial charge in [0.05, 0.1) is 5.69 Å². The molecule has 3 heterocycles. The maximum Gasteiger partial charge on any atom is 0.225 e. The summed E-state index contributed by atoms with van der Waals surface area (Å²) in [6.07, 6.45) is 3.38. The van der Waals surface area contributed by atoms with Crippen LogP contribution in [-0.2, 0) is 4.79 Å². The quantitative estimate of drug-likeness (QED) is 0.856. The number of imidazole rings is 1. The summed E-state index contributed by atoms with van der Waals surface area (Å²) in [5, 5.41) is 0. The summed E-state index contributed by atoms with van der Waals surface area (Å²) < 4.78 is 1.97. The molecule has 0 unspecified atom stereocenters. The maximum atomic E-state index is 12.1. The van der Waals surface area contributed by atoms with Gasteiger partial charge in [-0.15, -0.1) is 0 Å². The fourth-order valence-electron chi connectivity index (χ4n) is 2.89. The molecule has 0 atom stereocenters. The molecule has 2 aromatic rings. The molecule has 1 saturated heterocycles.